The Hall–Kier alpha value is -2.74. The third-order valence-electron chi connectivity index (χ3n) is 3.71. The summed E-state index contributed by atoms with van der Waals surface area (Å²) >= 11 is 1.38. The van der Waals surface area contributed by atoms with Crippen molar-refractivity contribution in [3.05, 3.63) is 65.7 Å². The predicted octanol–water partition coefficient (Wildman–Crippen LogP) is 3.69. The average molecular weight is 374 g/mol. The van der Waals surface area contributed by atoms with E-state index in [1.54, 1.807) is 12.1 Å². The molecule has 134 valence electrons. The summed E-state index contributed by atoms with van der Waals surface area (Å²) in [7, 11) is 0. The molecule has 0 bridgehead atoms. The van der Waals surface area contributed by atoms with E-state index in [-0.39, 0.29) is 17.4 Å². The van der Waals surface area contributed by atoms with Crippen molar-refractivity contribution in [2.24, 2.45) is 0 Å². The Morgan fingerprint density at radius 2 is 1.62 bits per heavy atom. The fraction of sp³-hybridized carbons (Fsp3) is 0.167. The van der Waals surface area contributed by atoms with Crippen molar-refractivity contribution in [2.45, 2.75) is 18.0 Å². The van der Waals surface area contributed by atoms with Crippen LogP contribution in [-0.4, -0.2) is 26.4 Å². The maximum atomic E-state index is 13.0. The van der Waals surface area contributed by atoms with Crippen LogP contribution in [0.5, 0.6) is 0 Å². The lowest BCUT2D eigenvalue weighted by Gasteiger charge is -2.04. The van der Waals surface area contributed by atoms with Crippen molar-refractivity contribution in [3.8, 4) is 11.4 Å². The largest absolute Gasteiger partial charge is 0.335 e. The molecular weight excluding hydrogens is 358 g/mol. The molecule has 0 saturated carbocycles. The molecule has 0 amide bonds. The highest BCUT2D eigenvalue weighted by atomic mass is 32.2. The number of halogens is 2. The molecule has 0 spiro atoms. The monoisotopic (exact) mass is 374 g/mol. The van der Waals surface area contributed by atoms with Crippen molar-refractivity contribution in [3.63, 3.8) is 0 Å². The van der Waals surface area contributed by atoms with Crippen LogP contribution in [0.3, 0.4) is 0 Å². The second kappa shape index (κ2) is 8.09. The minimum absolute atomic E-state index is 0.0354. The number of nitrogens with two attached hydrogens (primary N) is 1. The molecule has 5 nitrogen and oxygen atoms in total. The molecule has 0 fully saturated rings. The number of rotatable bonds is 7. The minimum Gasteiger partial charge on any atom is -0.335 e. The molecule has 26 heavy (non-hydrogen) atoms. The van der Waals surface area contributed by atoms with E-state index < -0.39 is 0 Å². The number of hydrogen-bond acceptors (Lipinski definition) is 5. The first kappa shape index (κ1) is 18.1. The van der Waals surface area contributed by atoms with E-state index in [0.29, 0.717) is 40.7 Å². The van der Waals surface area contributed by atoms with Crippen LogP contribution < -0.4 is 5.84 Å². The van der Waals surface area contributed by atoms with Gasteiger partial charge in [0, 0.05) is 23.3 Å². The Labute approximate surface area is 153 Å². The normalized spacial score (nSPS) is 10.8. The first-order valence-electron chi connectivity index (χ1n) is 7.92. The topological polar surface area (TPSA) is 73.8 Å². The maximum Gasteiger partial charge on any atom is 0.210 e. The molecule has 2 aromatic carbocycles. The van der Waals surface area contributed by atoms with Crippen LogP contribution in [0.4, 0.5) is 8.78 Å². The number of aromatic nitrogens is 3. The first-order chi connectivity index (χ1) is 12.5. The molecule has 0 atom stereocenters. The molecule has 0 aliphatic carbocycles. The highest BCUT2D eigenvalue weighted by molar-refractivity contribution is 7.99. The summed E-state index contributed by atoms with van der Waals surface area (Å²) in [4.78, 5) is 12.0. The van der Waals surface area contributed by atoms with Gasteiger partial charge in [-0.15, -0.1) is 10.2 Å². The van der Waals surface area contributed by atoms with Gasteiger partial charge in [0.25, 0.3) is 0 Å². The van der Waals surface area contributed by atoms with Gasteiger partial charge in [-0.25, -0.2) is 13.5 Å². The maximum absolute atomic E-state index is 13.0. The Balaban J connectivity index is 1.53. The van der Waals surface area contributed by atoms with E-state index in [1.165, 1.54) is 52.8 Å². The van der Waals surface area contributed by atoms with E-state index in [2.05, 4.69) is 10.2 Å². The van der Waals surface area contributed by atoms with Crippen LogP contribution in [0.1, 0.15) is 23.2 Å². The van der Waals surface area contributed by atoms with Gasteiger partial charge in [0.15, 0.2) is 11.6 Å². The van der Waals surface area contributed by atoms with Crippen LogP contribution in [0.15, 0.2) is 53.7 Å². The van der Waals surface area contributed by atoms with Gasteiger partial charge in [0.1, 0.15) is 11.6 Å². The molecule has 2 N–H and O–H groups in total. The smallest absolute Gasteiger partial charge is 0.210 e. The van der Waals surface area contributed by atoms with Gasteiger partial charge in [-0.3, -0.25) is 4.79 Å². The van der Waals surface area contributed by atoms with Gasteiger partial charge in [0.05, 0.1) is 0 Å². The standard InChI is InChI=1S/C18H16F2N4OS/c19-14-7-3-12(4-8-14)16(25)2-1-11-26-18-23-22-17(24(18)21)13-5-9-15(20)10-6-13/h3-10H,1-2,11,21H2. The van der Waals surface area contributed by atoms with Crippen molar-refractivity contribution in [1.82, 2.24) is 14.9 Å². The second-order valence-corrected chi connectivity index (χ2v) is 6.63. The molecule has 1 heterocycles. The molecule has 0 aliphatic heterocycles. The number of Topliss-reactive ketones (excluding diaryl/α,β-unsaturated/α-hetero) is 1. The molecule has 3 rings (SSSR count). The van der Waals surface area contributed by atoms with E-state index in [4.69, 9.17) is 5.84 Å². The zero-order chi connectivity index (χ0) is 18.5. The number of nitrogens with zero attached hydrogens (tertiary/aromatic N) is 3. The van der Waals surface area contributed by atoms with Crippen molar-refractivity contribution in [1.29, 1.82) is 0 Å². The lowest BCUT2D eigenvalue weighted by atomic mass is 10.1. The fourth-order valence-corrected chi connectivity index (χ4v) is 3.14. The van der Waals surface area contributed by atoms with Crippen molar-refractivity contribution in [2.75, 3.05) is 11.6 Å². The van der Waals surface area contributed by atoms with Crippen LogP contribution in [0.25, 0.3) is 11.4 Å². The van der Waals surface area contributed by atoms with Crippen LogP contribution >= 0.6 is 11.8 Å². The molecule has 8 heteroatoms. The van der Waals surface area contributed by atoms with Crippen LogP contribution in [0, 0.1) is 11.6 Å². The molecule has 3 aromatic rings. The highest BCUT2D eigenvalue weighted by Crippen LogP contribution is 2.22. The molecule has 1 aromatic heterocycles. The Morgan fingerprint density at radius 3 is 2.27 bits per heavy atom. The van der Waals surface area contributed by atoms with Gasteiger partial charge >= 0.3 is 0 Å². The van der Waals surface area contributed by atoms with Gasteiger partial charge in [-0.2, -0.15) is 0 Å². The van der Waals surface area contributed by atoms with Crippen molar-refractivity contribution < 1.29 is 13.6 Å². The number of carbonyl (C=O) groups is 1. The average Bonchev–Trinajstić information content (AvgIpc) is 3.00. The molecular formula is C18H16F2N4OS. The van der Waals surface area contributed by atoms with Gasteiger partial charge in [0.2, 0.25) is 5.16 Å². The zero-order valence-corrected chi connectivity index (χ0v) is 14.5. The van der Waals surface area contributed by atoms with E-state index in [1.807, 2.05) is 0 Å². The van der Waals surface area contributed by atoms with E-state index in [0.717, 1.165) is 0 Å². The summed E-state index contributed by atoms with van der Waals surface area (Å²) in [6.07, 6.45) is 0.974. The number of carbonyl (C=O) groups excluding carboxylic acids is 1. The fourth-order valence-electron chi connectivity index (χ4n) is 2.35. The molecule has 0 aliphatic rings. The lowest BCUT2D eigenvalue weighted by Crippen LogP contribution is -2.11. The quantitative estimate of drug-likeness (QED) is 0.295. The third kappa shape index (κ3) is 4.26. The number of thioether (sulfide) groups is 1. The lowest BCUT2D eigenvalue weighted by molar-refractivity contribution is 0.0982. The van der Waals surface area contributed by atoms with Crippen LogP contribution in [-0.2, 0) is 0 Å². The van der Waals surface area contributed by atoms with Gasteiger partial charge in [-0.1, -0.05) is 11.8 Å². The minimum atomic E-state index is -0.364. The summed E-state index contributed by atoms with van der Waals surface area (Å²) in [5, 5.41) is 8.57. The summed E-state index contributed by atoms with van der Waals surface area (Å²) in [6.45, 7) is 0. The summed E-state index contributed by atoms with van der Waals surface area (Å²) in [6, 6.07) is 11.3. The Morgan fingerprint density at radius 1 is 1.00 bits per heavy atom. The number of nitrogen functional groups attached to an aromatic ring is 1. The van der Waals surface area contributed by atoms with Gasteiger partial charge in [-0.05, 0) is 55.0 Å². The summed E-state index contributed by atoms with van der Waals surface area (Å²) in [5.41, 5.74) is 1.16. The highest BCUT2D eigenvalue weighted by Gasteiger charge is 2.13. The predicted molar refractivity (Wildman–Crippen MR) is 96.3 cm³/mol. The van der Waals surface area contributed by atoms with Crippen molar-refractivity contribution >= 4 is 17.5 Å². The summed E-state index contributed by atoms with van der Waals surface area (Å²) < 4.78 is 27.2. The molecule has 0 unspecified atom stereocenters. The van der Waals surface area contributed by atoms with Gasteiger partial charge < -0.3 is 5.84 Å². The third-order valence-corrected chi connectivity index (χ3v) is 4.74. The SMILES string of the molecule is Nn1c(SCCCC(=O)c2ccc(F)cc2)nnc1-c1ccc(F)cc1. The number of benzene rings is 2. The molecule has 0 radical (unpaired) electrons. The van der Waals surface area contributed by atoms with E-state index in [9.17, 15) is 13.6 Å². The van der Waals surface area contributed by atoms with Crippen LogP contribution in [0.2, 0.25) is 0 Å². The number of ketones is 1. The second-order valence-electron chi connectivity index (χ2n) is 5.57. The zero-order valence-electron chi connectivity index (χ0n) is 13.7. The van der Waals surface area contributed by atoms with E-state index >= 15 is 0 Å². The number of hydrogen-bond donors (Lipinski definition) is 1. The Kier molecular flexibility index (Phi) is 5.62. The Bertz CT molecular complexity index is 895. The summed E-state index contributed by atoms with van der Waals surface area (Å²) in [5.74, 6) is 6.33. The molecule has 0 saturated heterocycles. The first-order valence-corrected chi connectivity index (χ1v) is 8.91.